The lowest BCUT2D eigenvalue weighted by Crippen LogP contribution is -2.50. The molecule has 0 saturated carbocycles. The van der Waals surface area contributed by atoms with Gasteiger partial charge in [0.25, 0.3) is 0 Å². The number of quaternary nitrogens is 1. The number of carbonyl (C=O) groups is 3. The number of esters is 2. The van der Waals surface area contributed by atoms with Gasteiger partial charge in [0.1, 0.15) is 6.61 Å². The third-order valence-corrected chi connectivity index (χ3v) is 9.30. The van der Waals surface area contributed by atoms with E-state index in [4.69, 9.17) is 14.2 Å². The molecule has 0 aliphatic carbocycles. The van der Waals surface area contributed by atoms with Crippen LogP contribution in [0.25, 0.3) is 0 Å². The number of ether oxygens (including phenoxy) is 3. The summed E-state index contributed by atoms with van der Waals surface area (Å²) < 4.78 is 17.2. The molecule has 59 heavy (non-hydrogen) atoms. The molecule has 0 aliphatic heterocycles. The molecule has 332 valence electrons. The van der Waals surface area contributed by atoms with Gasteiger partial charge in [-0.05, 0) is 64.2 Å². The summed E-state index contributed by atoms with van der Waals surface area (Å²) in [7, 11) is 5.49. The van der Waals surface area contributed by atoms with E-state index in [1.54, 1.807) is 0 Å². The monoisotopic (exact) mass is 821 g/mol. The normalized spacial score (nSPS) is 14.0. The van der Waals surface area contributed by atoms with Gasteiger partial charge >= 0.3 is 17.9 Å². The molecular formula is C51H82NO7+. The van der Waals surface area contributed by atoms with Gasteiger partial charge in [0, 0.05) is 19.3 Å². The quantitative estimate of drug-likeness (QED) is 0.0218. The highest BCUT2D eigenvalue weighted by molar-refractivity contribution is 5.72. The topological polar surface area (TPSA) is 99.1 Å². The zero-order valence-corrected chi connectivity index (χ0v) is 37.7. The Hall–Kier alpha value is -4.01. The van der Waals surface area contributed by atoms with Crippen molar-refractivity contribution in [1.82, 2.24) is 0 Å². The Labute approximate surface area is 359 Å². The number of nitrogens with zero attached hydrogens (tertiary/aromatic N) is 1. The van der Waals surface area contributed by atoms with E-state index in [0.29, 0.717) is 19.3 Å². The second kappa shape index (κ2) is 40.8. The second-order valence-electron chi connectivity index (χ2n) is 15.7. The van der Waals surface area contributed by atoms with E-state index in [1.807, 2.05) is 75.8 Å². The Morgan fingerprint density at radius 1 is 0.525 bits per heavy atom. The first-order chi connectivity index (χ1) is 28.6. The molecule has 0 bridgehead atoms. The Kier molecular flexibility index (Phi) is 38.0. The van der Waals surface area contributed by atoms with Gasteiger partial charge in [-0.2, -0.15) is 0 Å². The zero-order chi connectivity index (χ0) is 43.5. The average molecular weight is 821 g/mol. The van der Waals surface area contributed by atoms with Crippen LogP contribution >= 0.6 is 0 Å². The van der Waals surface area contributed by atoms with Crippen LogP contribution in [0.4, 0.5) is 0 Å². The molecule has 0 aromatic carbocycles. The van der Waals surface area contributed by atoms with E-state index < -0.39 is 18.1 Å². The highest BCUT2D eigenvalue weighted by atomic mass is 16.6. The number of likely N-dealkylation sites (N-methyl/N-ethyl adjacent to an activating group) is 1. The number of carboxylic acids is 1. The third-order valence-electron chi connectivity index (χ3n) is 9.30. The molecule has 0 spiro atoms. The maximum absolute atomic E-state index is 12.7. The predicted octanol–water partition coefficient (Wildman–Crippen LogP) is 12.5. The van der Waals surface area contributed by atoms with Crippen LogP contribution in [-0.4, -0.2) is 80.6 Å². The van der Waals surface area contributed by atoms with Crippen LogP contribution in [-0.2, 0) is 28.6 Å². The van der Waals surface area contributed by atoms with E-state index in [-0.39, 0.29) is 42.7 Å². The molecule has 2 atom stereocenters. The van der Waals surface area contributed by atoms with Gasteiger partial charge in [-0.15, -0.1) is 0 Å². The molecule has 0 radical (unpaired) electrons. The molecule has 0 heterocycles. The fourth-order valence-electron chi connectivity index (χ4n) is 5.88. The number of hydrogen-bond acceptors (Lipinski definition) is 6. The smallest absolute Gasteiger partial charge is 0.362 e. The molecule has 8 heteroatoms. The third kappa shape index (κ3) is 39.2. The van der Waals surface area contributed by atoms with Gasteiger partial charge in [0.05, 0.1) is 34.4 Å². The van der Waals surface area contributed by atoms with Gasteiger partial charge in [-0.3, -0.25) is 9.59 Å². The fraction of sp³-hybridized carbons (Fsp3) is 0.588. The Balaban J connectivity index is 4.40. The lowest BCUT2D eigenvalue weighted by Gasteiger charge is -2.31. The van der Waals surface area contributed by atoms with Crippen molar-refractivity contribution in [3.63, 3.8) is 0 Å². The van der Waals surface area contributed by atoms with Gasteiger partial charge in [-0.25, -0.2) is 4.79 Å². The predicted molar refractivity (Wildman–Crippen MR) is 247 cm³/mol. The Bertz CT molecular complexity index is 1330. The number of allylic oxidation sites excluding steroid dienone is 18. The van der Waals surface area contributed by atoms with E-state index in [0.717, 1.165) is 64.2 Å². The van der Waals surface area contributed by atoms with Gasteiger partial charge in [-0.1, -0.05) is 168 Å². The molecule has 0 aromatic heterocycles. The van der Waals surface area contributed by atoms with Crippen LogP contribution in [0.1, 0.15) is 142 Å². The summed E-state index contributed by atoms with van der Waals surface area (Å²) in [6.45, 7) is 4.37. The van der Waals surface area contributed by atoms with Crippen LogP contribution < -0.4 is 0 Å². The van der Waals surface area contributed by atoms with E-state index >= 15 is 0 Å². The van der Waals surface area contributed by atoms with Crippen molar-refractivity contribution < 1.29 is 38.2 Å². The number of carbonyl (C=O) groups excluding carboxylic acids is 2. The van der Waals surface area contributed by atoms with Crippen molar-refractivity contribution in [2.75, 3.05) is 41.0 Å². The van der Waals surface area contributed by atoms with Crippen LogP contribution in [0.5, 0.6) is 0 Å². The maximum Gasteiger partial charge on any atom is 0.362 e. The molecule has 0 amide bonds. The number of unbranched alkanes of at least 4 members (excludes halogenated alkanes) is 10. The summed E-state index contributed by atoms with van der Waals surface area (Å²) in [5, 5.41) is 9.62. The standard InChI is InChI=1S/C51H81NO7/c1-6-8-10-12-14-16-18-20-21-22-23-24-25-26-27-28-30-32-34-36-38-40-42-50(54)59-47(45-57-44-43-48(51(55)56)52(3,4)5)46-58-49(53)41-39-37-35-33-31-29-19-17-15-13-11-9-7-2/h8-11,13-17,19-21,23-24,29,31,33,35,47-48H,6-7,12,18,22,25-28,30,32,34,36-46H2,1-5H3/p+1/b10-8+,11-9+,15-13+,16-14+,19-17+,21-20+,24-23+,31-29+,35-33+. The van der Waals surface area contributed by atoms with Crippen molar-refractivity contribution in [3.8, 4) is 0 Å². The first-order valence-corrected chi connectivity index (χ1v) is 22.5. The SMILES string of the molecule is CC/C=C/C=C/C=C/C=C/C=C/CCCC(=O)OCC(COCCC(C(=O)O)[N+](C)(C)C)OC(=O)CCCCCCCCCCC/C=C/C/C=C/C/C=C/C/C=C/CC. The zero-order valence-electron chi connectivity index (χ0n) is 37.7. The number of hydrogen-bond donors (Lipinski definition) is 1. The second-order valence-corrected chi connectivity index (χ2v) is 15.7. The van der Waals surface area contributed by atoms with E-state index in [9.17, 15) is 19.5 Å². The van der Waals surface area contributed by atoms with E-state index in [1.165, 1.54) is 38.5 Å². The van der Waals surface area contributed by atoms with Crippen molar-refractivity contribution in [1.29, 1.82) is 0 Å². The van der Waals surface area contributed by atoms with Crippen LogP contribution in [0, 0.1) is 0 Å². The lowest BCUT2D eigenvalue weighted by molar-refractivity contribution is -0.887. The minimum atomic E-state index is -0.891. The van der Waals surface area contributed by atoms with Crippen LogP contribution in [0.2, 0.25) is 0 Å². The Morgan fingerprint density at radius 2 is 1.00 bits per heavy atom. The van der Waals surface area contributed by atoms with Gasteiger partial charge < -0.3 is 23.8 Å². The van der Waals surface area contributed by atoms with Gasteiger partial charge in [0.15, 0.2) is 12.1 Å². The number of carboxylic acid groups (broad SMARTS) is 1. The Morgan fingerprint density at radius 3 is 1.56 bits per heavy atom. The highest BCUT2D eigenvalue weighted by Crippen LogP contribution is 2.13. The summed E-state index contributed by atoms with van der Waals surface area (Å²) in [6.07, 6.45) is 55.8. The largest absolute Gasteiger partial charge is 0.477 e. The maximum atomic E-state index is 12.7. The summed E-state index contributed by atoms with van der Waals surface area (Å²) in [4.78, 5) is 37.0. The van der Waals surface area contributed by atoms with Gasteiger partial charge in [0.2, 0.25) is 0 Å². The highest BCUT2D eigenvalue weighted by Gasteiger charge is 2.31. The minimum absolute atomic E-state index is 0.0285. The molecule has 0 aliphatic rings. The summed E-state index contributed by atoms with van der Waals surface area (Å²) >= 11 is 0. The van der Waals surface area contributed by atoms with Crippen LogP contribution in [0.3, 0.4) is 0 Å². The molecule has 1 N–H and O–H groups in total. The fourth-order valence-corrected chi connectivity index (χ4v) is 5.88. The number of aliphatic carboxylic acids is 1. The summed E-state index contributed by atoms with van der Waals surface area (Å²) in [5.74, 6) is -1.59. The first kappa shape index (κ1) is 55.0. The summed E-state index contributed by atoms with van der Waals surface area (Å²) in [6, 6.07) is -0.633. The first-order valence-electron chi connectivity index (χ1n) is 22.5. The van der Waals surface area contributed by atoms with E-state index in [2.05, 4.69) is 68.5 Å². The molecule has 0 aromatic rings. The van der Waals surface area contributed by atoms with Crippen LogP contribution in [0.15, 0.2) is 109 Å². The molecule has 0 saturated heterocycles. The molecule has 2 unspecified atom stereocenters. The molecule has 0 fully saturated rings. The van der Waals surface area contributed by atoms with Crippen molar-refractivity contribution in [2.45, 2.75) is 154 Å². The van der Waals surface area contributed by atoms with Crippen molar-refractivity contribution >= 4 is 17.9 Å². The molecular weight excluding hydrogens is 739 g/mol. The van der Waals surface area contributed by atoms with Crippen molar-refractivity contribution in [2.24, 2.45) is 0 Å². The lowest BCUT2D eigenvalue weighted by atomic mass is 10.1. The minimum Gasteiger partial charge on any atom is -0.477 e. The van der Waals surface area contributed by atoms with Crippen molar-refractivity contribution in [3.05, 3.63) is 109 Å². The summed E-state index contributed by atoms with van der Waals surface area (Å²) in [5.41, 5.74) is 0. The molecule has 0 rings (SSSR count). The number of rotatable bonds is 38. The average Bonchev–Trinajstić information content (AvgIpc) is 3.19. The molecule has 8 nitrogen and oxygen atoms in total.